The highest BCUT2D eigenvalue weighted by Crippen LogP contribution is 2.24. The Bertz CT molecular complexity index is 1020. The summed E-state index contributed by atoms with van der Waals surface area (Å²) in [5.74, 6) is 0.313. The molecular formula is C24H34N4O3S2. The van der Waals surface area contributed by atoms with Crippen LogP contribution in [0, 0.1) is 6.92 Å². The smallest absolute Gasteiger partial charge is 0.242 e. The molecule has 0 spiro atoms. The Morgan fingerprint density at radius 3 is 2.39 bits per heavy atom. The predicted molar refractivity (Wildman–Crippen MR) is 138 cm³/mol. The fraction of sp³-hybridized carbons (Fsp3) is 0.458. The van der Waals surface area contributed by atoms with Gasteiger partial charge in [0.2, 0.25) is 15.9 Å². The van der Waals surface area contributed by atoms with E-state index < -0.39 is 16.1 Å². The molecule has 1 aliphatic rings. The minimum Gasteiger partial charge on any atom is -0.369 e. The molecule has 2 N–H and O–H groups in total. The summed E-state index contributed by atoms with van der Waals surface area (Å²) in [5, 5.41) is 2.94. The lowest BCUT2D eigenvalue weighted by Gasteiger charge is -2.35. The highest BCUT2D eigenvalue weighted by Gasteiger charge is 2.26. The van der Waals surface area contributed by atoms with Crippen LogP contribution >= 0.6 is 11.8 Å². The third kappa shape index (κ3) is 6.96. The molecule has 9 heteroatoms. The third-order valence-corrected chi connectivity index (χ3v) is 8.06. The zero-order valence-electron chi connectivity index (χ0n) is 19.6. The van der Waals surface area contributed by atoms with Crippen molar-refractivity contribution in [1.82, 2.24) is 9.62 Å². The number of anilines is 2. The van der Waals surface area contributed by atoms with Crippen molar-refractivity contribution in [3.8, 4) is 0 Å². The average molecular weight is 491 g/mol. The van der Waals surface area contributed by atoms with E-state index in [-0.39, 0.29) is 10.8 Å². The van der Waals surface area contributed by atoms with Crippen molar-refractivity contribution in [2.45, 2.75) is 31.2 Å². The topological polar surface area (TPSA) is 81.8 Å². The van der Waals surface area contributed by atoms with E-state index in [4.69, 9.17) is 0 Å². The number of hydrogen-bond acceptors (Lipinski definition) is 6. The number of aryl methyl sites for hydroxylation is 1. The van der Waals surface area contributed by atoms with Crippen LogP contribution in [0.2, 0.25) is 0 Å². The number of amides is 1. The quantitative estimate of drug-likeness (QED) is 0.532. The number of hydrogen-bond donors (Lipinski definition) is 2. The van der Waals surface area contributed by atoms with Crippen LogP contribution in [0.1, 0.15) is 18.9 Å². The van der Waals surface area contributed by atoms with Crippen molar-refractivity contribution < 1.29 is 13.2 Å². The van der Waals surface area contributed by atoms with Gasteiger partial charge >= 0.3 is 0 Å². The van der Waals surface area contributed by atoms with Gasteiger partial charge in [0.1, 0.15) is 6.04 Å². The molecule has 0 aromatic heterocycles. The van der Waals surface area contributed by atoms with E-state index in [0.29, 0.717) is 17.9 Å². The number of likely N-dealkylation sites (N-methyl/N-ethyl adjacent to an activating group) is 1. The standard InChI is InChI=1S/C24H34N4O3S2/c1-4-27-13-15-28(16-14-27)20-10-11-22(19(2)18-20)25-24(29)23(12-17-32-3)26-33(30,31)21-8-6-5-7-9-21/h5-11,18,23,26H,4,12-17H2,1-3H3,(H,25,29). The number of carbonyl (C=O) groups excluding carboxylic acids is 1. The van der Waals surface area contributed by atoms with E-state index in [1.807, 2.05) is 25.3 Å². The normalized spacial score (nSPS) is 15.9. The van der Waals surface area contributed by atoms with Gasteiger partial charge in [0, 0.05) is 37.6 Å². The van der Waals surface area contributed by atoms with E-state index in [0.717, 1.165) is 44.0 Å². The van der Waals surface area contributed by atoms with E-state index in [9.17, 15) is 13.2 Å². The zero-order chi connectivity index (χ0) is 23.8. The number of thioether (sulfide) groups is 1. The maximum atomic E-state index is 13.1. The van der Waals surface area contributed by atoms with Crippen molar-refractivity contribution in [2.75, 3.05) is 54.9 Å². The van der Waals surface area contributed by atoms with Gasteiger partial charge in [-0.25, -0.2) is 8.42 Å². The van der Waals surface area contributed by atoms with Crippen LogP contribution in [0.3, 0.4) is 0 Å². The number of nitrogens with zero attached hydrogens (tertiary/aromatic N) is 2. The van der Waals surface area contributed by atoms with E-state index in [2.05, 4.69) is 32.8 Å². The van der Waals surface area contributed by atoms with Gasteiger partial charge in [-0.3, -0.25) is 4.79 Å². The lowest BCUT2D eigenvalue weighted by atomic mass is 10.1. The minimum atomic E-state index is -3.80. The molecule has 180 valence electrons. The lowest BCUT2D eigenvalue weighted by Crippen LogP contribution is -2.46. The van der Waals surface area contributed by atoms with Crippen LogP contribution in [-0.4, -0.2) is 70.0 Å². The number of carbonyl (C=O) groups is 1. The number of rotatable bonds is 10. The van der Waals surface area contributed by atoms with Gasteiger partial charge in [-0.2, -0.15) is 16.5 Å². The fourth-order valence-electron chi connectivity index (χ4n) is 3.86. The molecule has 1 amide bonds. The van der Waals surface area contributed by atoms with Crippen LogP contribution in [0.4, 0.5) is 11.4 Å². The van der Waals surface area contributed by atoms with Crippen LogP contribution in [-0.2, 0) is 14.8 Å². The molecular weight excluding hydrogens is 456 g/mol. The van der Waals surface area contributed by atoms with E-state index in [1.165, 1.54) is 12.1 Å². The molecule has 1 aliphatic heterocycles. The molecule has 1 heterocycles. The molecule has 33 heavy (non-hydrogen) atoms. The Labute approximate surface area is 202 Å². The molecule has 2 aromatic rings. The summed E-state index contributed by atoms with van der Waals surface area (Å²) >= 11 is 1.57. The second-order valence-corrected chi connectivity index (χ2v) is 10.9. The lowest BCUT2D eigenvalue weighted by molar-refractivity contribution is -0.117. The molecule has 1 unspecified atom stereocenters. The molecule has 1 fully saturated rings. The van der Waals surface area contributed by atoms with Crippen LogP contribution < -0.4 is 14.9 Å². The number of benzene rings is 2. The monoisotopic (exact) mass is 490 g/mol. The maximum absolute atomic E-state index is 13.1. The van der Waals surface area contributed by atoms with Gasteiger partial charge in [-0.1, -0.05) is 25.1 Å². The highest BCUT2D eigenvalue weighted by atomic mass is 32.2. The second kappa shape index (κ2) is 11.9. The van der Waals surface area contributed by atoms with Gasteiger partial charge in [-0.05, 0) is 67.8 Å². The Morgan fingerprint density at radius 1 is 1.09 bits per heavy atom. The summed E-state index contributed by atoms with van der Waals surface area (Å²) in [7, 11) is -3.80. The van der Waals surface area contributed by atoms with Crippen molar-refractivity contribution >= 4 is 39.1 Å². The molecule has 0 radical (unpaired) electrons. The van der Waals surface area contributed by atoms with Gasteiger partial charge in [0.25, 0.3) is 0 Å². The maximum Gasteiger partial charge on any atom is 0.242 e. The first-order valence-electron chi connectivity index (χ1n) is 11.3. The van der Waals surface area contributed by atoms with Crippen molar-refractivity contribution in [3.05, 3.63) is 54.1 Å². The number of nitrogens with one attached hydrogen (secondary N) is 2. The summed E-state index contributed by atoms with van der Waals surface area (Å²) in [6, 6.07) is 13.3. The van der Waals surface area contributed by atoms with Crippen molar-refractivity contribution in [1.29, 1.82) is 0 Å². The molecule has 7 nitrogen and oxygen atoms in total. The Balaban J connectivity index is 1.70. The first kappa shape index (κ1) is 25.6. The van der Waals surface area contributed by atoms with Crippen molar-refractivity contribution in [3.63, 3.8) is 0 Å². The zero-order valence-corrected chi connectivity index (χ0v) is 21.2. The predicted octanol–water partition coefficient (Wildman–Crippen LogP) is 3.18. The van der Waals surface area contributed by atoms with Crippen LogP contribution in [0.25, 0.3) is 0 Å². The minimum absolute atomic E-state index is 0.149. The largest absolute Gasteiger partial charge is 0.369 e. The Kier molecular flexibility index (Phi) is 9.19. The van der Waals surface area contributed by atoms with Crippen molar-refractivity contribution in [2.24, 2.45) is 0 Å². The third-order valence-electron chi connectivity index (χ3n) is 5.93. The average Bonchev–Trinajstić information content (AvgIpc) is 2.83. The van der Waals surface area contributed by atoms with Gasteiger partial charge < -0.3 is 15.1 Å². The molecule has 0 bridgehead atoms. The fourth-order valence-corrected chi connectivity index (χ4v) is 5.58. The molecule has 0 saturated carbocycles. The molecule has 2 aromatic carbocycles. The Hall–Kier alpha value is -2.07. The summed E-state index contributed by atoms with van der Waals surface area (Å²) < 4.78 is 28.2. The summed E-state index contributed by atoms with van der Waals surface area (Å²) in [6.07, 6.45) is 2.34. The Morgan fingerprint density at radius 2 is 1.79 bits per heavy atom. The summed E-state index contributed by atoms with van der Waals surface area (Å²) in [6.45, 7) is 9.28. The SMILES string of the molecule is CCN1CCN(c2ccc(NC(=O)C(CCSC)NS(=O)(=O)c3ccccc3)c(C)c2)CC1. The molecule has 1 atom stereocenters. The van der Waals surface area contributed by atoms with E-state index in [1.54, 1.807) is 30.0 Å². The van der Waals surface area contributed by atoms with Gasteiger partial charge in [0.05, 0.1) is 4.90 Å². The summed E-state index contributed by atoms with van der Waals surface area (Å²) in [4.78, 5) is 18.0. The van der Waals surface area contributed by atoms with Crippen LogP contribution in [0.5, 0.6) is 0 Å². The molecule has 0 aliphatic carbocycles. The number of sulfonamides is 1. The van der Waals surface area contributed by atoms with Crippen LogP contribution in [0.15, 0.2) is 53.4 Å². The summed E-state index contributed by atoms with van der Waals surface area (Å²) in [5.41, 5.74) is 2.79. The first-order chi connectivity index (χ1) is 15.8. The second-order valence-electron chi connectivity index (χ2n) is 8.18. The van der Waals surface area contributed by atoms with E-state index >= 15 is 0 Å². The molecule has 3 rings (SSSR count). The molecule has 1 saturated heterocycles. The van der Waals surface area contributed by atoms with Gasteiger partial charge in [-0.15, -0.1) is 0 Å². The van der Waals surface area contributed by atoms with Gasteiger partial charge in [0.15, 0.2) is 0 Å². The highest BCUT2D eigenvalue weighted by molar-refractivity contribution is 7.98. The number of piperazine rings is 1. The first-order valence-corrected chi connectivity index (χ1v) is 14.2.